The van der Waals surface area contributed by atoms with E-state index in [2.05, 4.69) is 40.0 Å². The van der Waals surface area contributed by atoms with Crippen LogP contribution < -0.4 is 10.2 Å². The molecular weight excluding hydrogens is 346 g/mol. The van der Waals surface area contributed by atoms with Gasteiger partial charge >= 0.3 is 0 Å². The van der Waals surface area contributed by atoms with Crippen LogP contribution in [0.2, 0.25) is 0 Å². The molecule has 1 N–H and O–H groups in total. The average Bonchev–Trinajstić information content (AvgIpc) is 3.01. The van der Waals surface area contributed by atoms with Crippen molar-refractivity contribution >= 4 is 11.8 Å². The van der Waals surface area contributed by atoms with Crippen LogP contribution in [0.4, 0.5) is 11.8 Å². The van der Waals surface area contributed by atoms with E-state index in [-0.39, 0.29) is 0 Å². The molecule has 2 aliphatic heterocycles. The summed E-state index contributed by atoms with van der Waals surface area (Å²) in [5.41, 5.74) is 0. The van der Waals surface area contributed by atoms with Crippen LogP contribution in [0.5, 0.6) is 0 Å². The highest BCUT2D eigenvalue weighted by Gasteiger charge is 2.25. The van der Waals surface area contributed by atoms with Crippen molar-refractivity contribution in [1.82, 2.24) is 14.9 Å². The third-order valence-corrected chi connectivity index (χ3v) is 6.49. The van der Waals surface area contributed by atoms with E-state index in [1.807, 2.05) is 6.20 Å². The van der Waals surface area contributed by atoms with Crippen LogP contribution in [0, 0.1) is 0 Å². The fourth-order valence-corrected chi connectivity index (χ4v) is 4.81. The van der Waals surface area contributed by atoms with Crippen molar-refractivity contribution in [2.75, 3.05) is 36.4 Å². The summed E-state index contributed by atoms with van der Waals surface area (Å²) in [6.07, 6.45) is 16.3. The van der Waals surface area contributed by atoms with Crippen molar-refractivity contribution in [3.05, 3.63) is 12.3 Å². The second-order valence-corrected chi connectivity index (χ2v) is 8.68. The first kappa shape index (κ1) is 21.4. The van der Waals surface area contributed by atoms with Gasteiger partial charge in [-0.15, -0.1) is 0 Å². The molecule has 2 fully saturated rings. The van der Waals surface area contributed by atoms with Gasteiger partial charge in [-0.25, -0.2) is 4.98 Å². The van der Waals surface area contributed by atoms with E-state index in [1.54, 1.807) is 0 Å². The van der Waals surface area contributed by atoms with E-state index in [4.69, 9.17) is 4.98 Å². The van der Waals surface area contributed by atoms with E-state index in [1.165, 1.54) is 77.2 Å². The van der Waals surface area contributed by atoms with Crippen molar-refractivity contribution < 1.29 is 0 Å². The number of unbranched alkanes of at least 4 members (excludes halogenated alkanes) is 2. The van der Waals surface area contributed by atoms with Gasteiger partial charge in [0.05, 0.1) is 0 Å². The molecule has 1 aromatic rings. The third-order valence-electron chi connectivity index (χ3n) is 6.49. The van der Waals surface area contributed by atoms with Gasteiger partial charge in [-0.2, -0.15) is 4.98 Å². The Bertz CT molecular complexity index is 556. The number of nitrogens with one attached hydrogen (secondary N) is 1. The normalized spacial score (nSPS) is 22.6. The molecule has 0 aromatic carbocycles. The Kier molecular flexibility index (Phi) is 8.84. The van der Waals surface area contributed by atoms with Gasteiger partial charge in [0.1, 0.15) is 5.82 Å². The molecular formula is C23H41N5. The van der Waals surface area contributed by atoms with Crippen LogP contribution >= 0.6 is 0 Å². The van der Waals surface area contributed by atoms with Gasteiger partial charge < -0.3 is 10.2 Å². The van der Waals surface area contributed by atoms with Gasteiger partial charge in [0.2, 0.25) is 5.95 Å². The molecule has 0 radical (unpaired) electrons. The molecule has 2 unspecified atom stereocenters. The lowest BCUT2D eigenvalue weighted by molar-refractivity contribution is 0.140. The zero-order chi connectivity index (χ0) is 19.6. The maximum Gasteiger partial charge on any atom is 0.224 e. The summed E-state index contributed by atoms with van der Waals surface area (Å²) in [6, 6.07) is 3.28. The van der Waals surface area contributed by atoms with Crippen LogP contribution in [-0.2, 0) is 0 Å². The van der Waals surface area contributed by atoms with Crippen molar-refractivity contribution in [2.45, 2.75) is 96.6 Å². The van der Waals surface area contributed by atoms with E-state index in [9.17, 15) is 0 Å². The zero-order valence-corrected chi connectivity index (χ0v) is 18.2. The molecule has 0 amide bonds. The first-order chi connectivity index (χ1) is 13.8. The number of likely N-dealkylation sites (tertiary alicyclic amines) is 1. The summed E-state index contributed by atoms with van der Waals surface area (Å²) in [4.78, 5) is 14.6. The van der Waals surface area contributed by atoms with Crippen molar-refractivity contribution in [3.8, 4) is 0 Å². The Hall–Kier alpha value is -1.36. The molecule has 5 heteroatoms. The minimum Gasteiger partial charge on any atom is -0.356 e. The van der Waals surface area contributed by atoms with Gasteiger partial charge in [0.15, 0.2) is 0 Å². The molecule has 0 spiro atoms. The molecule has 0 bridgehead atoms. The molecule has 0 aliphatic carbocycles. The maximum atomic E-state index is 4.87. The largest absolute Gasteiger partial charge is 0.356 e. The van der Waals surface area contributed by atoms with Gasteiger partial charge in [-0.1, -0.05) is 46.0 Å². The van der Waals surface area contributed by atoms with Crippen LogP contribution in [0.25, 0.3) is 0 Å². The number of hydrogen-bond donors (Lipinski definition) is 1. The lowest BCUT2D eigenvalue weighted by Crippen LogP contribution is -2.47. The molecule has 3 heterocycles. The van der Waals surface area contributed by atoms with Gasteiger partial charge in [-0.05, 0) is 51.1 Å². The Labute approximate surface area is 172 Å². The molecule has 2 aliphatic rings. The highest BCUT2D eigenvalue weighted by atomic mass is 15.2. The predicted molar refractivity (Wildman–Crippen MR) is 119 cm³/mol. The molecule has 1 aromatic heterocycles. The first-order valence-corrected chi connectivity index (χ1v) is 11.9. The summed E-state index contributed by atoms with van der Waals surface area (Å²) in [7, 11) is 0. The molecule has 0 saturated carbocycles. The molecule has 158 valence electrons. The Morgan fingerprint density at radius 3 is 2.64 bits per heavy atom. The first-order valence-electron chi connectivity index (χ1n) is 11.9. The fraction of sp³-hybridized carbons (Fsp3) is 0.826. The highest BCUT2D eigenvalue weighted by molar-refractivity contribution is 5.43. The standard InChI is InChI=1S/C23H41N5/c1-3-5-8-13-21(4-2)28-18-11-12-20(19-28)25-23-24-15-14-22(26-23)27-16-9-6-7-10-17-27/h14-15,20-21H,3-13,16-19H2,1-2H3,(H,24,25,26). The average molecular weight is 388 g/mol. The Morgan fingerprint density at radius 1 is 1.07 bits per heavy atom. The molecule has 5 nitrogen and oxygen atoms in total. The summed E-state index contributed by atoms with van der Waals surface area (Å²) >= 11 is 0. The molecule has 28 heavy (non-hydrogen) atoms. The van der Waals surface area contributed by atoms with E-state index < -0.39 is 0 Å². The fourth-order valence-electron chi connectivity index (χ4n) is 4.81. The van der Waals surface area contributed by atoms with Gasteiger partial charge in [-0.3, -0.25) is 4.90 Å². The van der Waals surface area contributed by atoms with Crippen molar-refractivity contribution in [2.24, 2.45) is 0 Å². The predicted octanol–water partition coefficient (Wildman–Crippen LogP) is 5.09. The number of aromatic nitrogens is 2. The number of nitrogens with zero attached hydrogens (tertiary/aromatic N) is 4. The lowest BCUT2D eigenvalue weighted by Gasteiger charge is -2.38. The van der Waals surface area contributed by atoms with E-state index >= 15 is 0 Å². The summed E-state index contributed by atoms with van der Waals surface area (Å²) < 4.78 is 0. The smallest absolute Gasteiger partial charge is 0.224 e. The summed E-state index contributed by atoms with van der Waals surface area (Å²) in [5, 5.41) is 3.66. The third kappa shape index (κ3) is 6.33. The van der Waals surface area contributed by atoms with Gasteiger partial charge in [0.25, 0.3) is 0 Å². The molecule has 2 atom stereocenters. The van der Waals surface area contributed by atoms with Crippen molar-refractivity contribution in [1.29, 1.82) is 0 Å². The monoisotopic (exact) mass is 387 g/mol. The Morgan fingerprint density at radius 2 is 1.89 bits per heavy atom. The second kappa shape index (κ2) is 11.6. The Balaban J connectivity index is 1.56. The minimum absolute atomic E-state index is 0.466. The van der Waals surface area contributed by atoms with Crippen LogP contribution in [0.3, 0.4) is 0 Å². The number of rotatable bonds is 9. The van der Waals surface area contributed by atoms with Crippen LogP contribution in [0.15, 0.2) is 12.3 Å². The number of piperidine rings is 1. The van der Waals surface area contributed by atoms with Crippen LogP contribution in [-0.4, -0.2) is 53.1 Å². The van der Waals surface area contributed by atoms with Crippen molar-refractivity contribution in [3.63, 3.8) is 0 Å². The maximum absolute atomic E-state index is 4.87. The van der Waals surface area contributed by atoms with E-state index in [0.29, 0.717) is 6.04 Å². The number of anilines is 2. The SMILES string of the molecule is CCCCCC(CC)N1CCCC(Nc2nccc(N3CCCCCC3)n2)C1. The molecule has 3 rings (SSSR count). The summed E-state index contributed by atoms with van der Waals surface area (Å²) in [6.45, 7) is 9.27. The highest BCUT2D eigenvalue weighted by Crippen LogP contribution is 2.22. The second-order valence-electron chi connectivity index (χ2n) is 8.68. The van der Waals surface area contributed by atoms with Crippen LogP contribution in [0.1, 0.15) is 84.5 Å². The topological polar surface area (TPSA) is 44.3 Å². The molecule has 2 saturated heterocycles. The quantitative estimate of drug-likeness (QED) is 0.598. The summed E-state index contributed by atoms with van der Waals surface area (Å²) in [5.74, 6) is 1.91. The van der Waals surface area contributed by atoms with Gasteiger partial charge in [0, 0.05) is 37.9 Å². The van der Waals surface area contributed by atoms with E-state index in [0.717, 1.165) is 37.4 Å². The zero-order valence-electron chi connectivity index (χ0n) is 18.2. The lowest BCUT2D eigenvalue weighted by atomic mass is 9.99. The number of hydrogen-bond acceptors (Lipinski definition) is 5. The minimum atomic E-state index is 0.466.